The molecule has 1 amide bonds. The van der Waals surface area contributed by atoms with Gasteiger partial charge in [0.05, 0.1) is 0 Å². The molecule has 1 aromatic heterocycles. The predicted molar refractivity (Wildman–Crippen MR) is 59.2 cm³/mol. The number of rotatable bonds is 4. The molecule has 0 unspecified atom stereocenters. The summed E-state index contributed by atoms with van der Waals surface area (Å²) in [6.45, 7) is 0. The minimum atomic E-state index is -4.76. The second kappa shape index (κ2) is 5.23. The van der Waals surface area contributed by atoms with E-state index in [0.29, 0.717) is 5.56 Å². The van der Waals surface area contributed by atoms with Crippen molar-refractivity contribution in [3.63, 3.8) is 0 Å². The summed E-state index contributed by atoms with van der Waals surface area (Å²) in [7, 11) is 0. The highest BCUT2D eigenvalue weighted by Crippen LogP contribution is 2.25. The Bertz CT molecular complexity index is 601. The Hall–Kier alpha value is -2.52. The van der Waals surface area contributed by atoms with Crippen molar-refractivity contribution >= 4 is 11.6 Å². The van der Waals surface area contributed by atoms with Crippen molar-refractivity contribution in [2.24, 2.45) is 0 Å². The predicted octanol–water partition coefficient (Wildman–Crippen LogP) is 1.71. The van der Waals surface area contributed by atoms with E-state index in [-0.39, 0.29) is 11.5 Å². The molecule has 0 fully saturated rings. The number of carbonyl (C=O) groups excluding carboxylic acids is 1. The Morgan fingerprint density at radius 3 is 2.70 bits per heavy atom. The molecule has 0 aliphatic heterocycles. The maximum Gasteiger partial charge on any atom is 0.383 e. The molecule has 1 aromatic carbocycles. The van der Waals surface area contributed by atoms with Gasteiger partial charge in [0.25, 0.3) is 0 Å². The van der Waals surface area contributed by atoms with Gasteiger partial charge in [0.2, 0.25) is 5.82 Å². The molecule has 2 rings (SSSR count). The molecule has 20 heavy (non-hydrogen) atoms. The number of tetrazole rings is 1. The maximum atomic E-state index is 12.8. The number of anilines is 1. The van der Waals surface area contributed by atoms with E-state index in [1.807, 2.05) is 0 Å². The highest BCUT2D eigenvalue weighted by molar-refractivity contribution is 5.96. The summed E-state index contributed by atoms with van der Waals surface area (Å²) in [4.78, 5) is 11.1. The largest absolute Gasteiger partial charge is 0.383 e. The van der Waals surface area contributed by atoms with Crippen LogP contribution in [0.1, 0.15) is 0 Å². The standard InChI is InChI=1S/C10H7F4N5O/c11-8(12)10(13,14)9(20)15-6-3-1-2-5(4-6)7-16-18-19-17-7/h1-4,8H,(H,15,20)(H,16,17,18,19). The fourth-order valence-corrected chi connectivity index (χ4v) is 1.33. The first-order chi connectivity index (χ1) is 9.41. The van der Waals surface area contributed by atoms with Crippen LogP contribution in [0.3, 0.4) is 0 Å². The van der Waals surface area contributed by atoms with Crippen LogP contribution in [0.4, 0.5) is 23.2 Å². The van der Waals surface area contributed by atoms with E-state index in [1.54, 1.807) is 5.32 Å². The first kappa shape index (κ1) is 13.9. The fourth-order valence-electron chi connectivity index (χ4n) is 1.33. The summed E-state index contributed by atoms with van der Waals surface area (Å²) in [5.74, 6) is -6.68. The van der Waals surface area contributed by atoms with Gasteiger partial charge in [0, 0.05) is 11.3 Å². The number of benzene rings is 1. The van der Waals surface area contributed by atoms with Gasteiger partial charge in [0.1, 0.15) is 0 Å². The van der Waals surface area contributed by atoms with Crippen molar-refractivity contribution in [1.82, 2.24) is 20.6 Å². The van der Waals surface area contributed by atoms with E-state index in [4.69, 9.17) is 0 Å². The second-order valence-electron chi connectivity index (χ2n) is 3.69. The molecular formula is C10H7F4N5O. The van der Waals surface area contributed by atoms with Crippen LogP contribution in [-0.2, 0) is 4.79 Å². The van der Waals surface area contributed by atoms with Gasteiger partial charge in [-0.05, 0) is 17.3 Å². The third kappa shape index (κ3) is 2.73. The molecule has 0 saturated carbocycles. The minimum Gasteiger partial charge on any atom is -0.321 e. The van der Waals surface area contributed by atoms with Gasteiger partial charge in [0.15, 0.2) is 0 Å². The third-order valence-electron chi connectivity index (χ3n) is 2.30. The van der Waals surface area contributed by atoms with E-state index in [9.17, 15) is 22.4 Å². The number of aromatic amines is 1. The number of alkyl halides is 4. The molecule has 2 aromatic rings. The lowest BCUT2D eigenvalue weighted by atomic mass is 10.2. The first-order valence-corrected chi connectivity index (χ1v) is 5.22. The number of H-pyrrole nitrogens is 1. The molecule has 0 aliphatic rings. The summed E-state index contributed by atoms with van der Waals surface area (Å²) >= 11 is 0. The summed E-state index contributed by atoms with van der Waals surface area (Å²) < 4.78 is 49.6. The summed E-state index contributed by atoms with van der Waals surface area (Å²) in [5, 5.41) is 14.5. The van der Waals surface area contributed by atoms with Crippen molar-refractivity contribution in [2.45, 2.75) is 12.3 Å². The Labute approximate surface area is 109 Å². The number of carbonyl (C=O) groups is 1. The molecular weight excluding hydrogens is 282 g/mol. The lowest BCUT2D eigenvalue weighted by molar-refractivity contribution is -0.163. The lowest BCUT2D eigenvalue weighted by Crippen LogP contribution is -2.40. The molecule has 0 bridgehead atoms. The average molecular weight is 289 g/mol. The number of amides is 1. The van der Waals surface area contributed by atoms with Gasteiger partial charge in [-0.25, -0.2) is 8.78 Å². The summed E-state index contributed by atoms with van der Waals surface area (Å²) in [6, 6.07) is 5.47. The van der Waals surface area contributed by atoms with Gasteiger partial charge >= 0.3 is 18.3 Å². The number of hydrogen-bond donors (Lipinski definition) is 2. The number of hydrogen-bond acceptors (Lipinski definition) is 4. The molecule has 0 saturated heterocycles. The molecule has 0 radical (unpaired) electrons. The normalized spacial score (nSPS) is 11.7. The highest BCUT2D eigenvalue weighted by atomic mass is 19.3. The Kier molecular flexibility index (Phi) is 3.63. The zero-order valence-corrected chi connectivity index (χ0v) is 9.65. The molecule has 0 atom stereocenters. The summed E-state index contributed by atoms with van der Waals surface area (Å²) in [6.07, 6.45) is -4.08. The van der Waals surface area contributed by atoms with Crippen LogP contribution in [0.5, 0.6) is 0 Å². The Balaban J connectivity index is 2.19. The van der Waals surface area contributed by atoms with Gasteiger partial charge in [-0.3, -0.25) is 4.79 Å². The van der Waals surface area contributed by atoms with E-state index < -0.39 is 18.3 Å². The number of nitrogens with zero attached hydrogens (tertiary/aromatic N) is 3. The molecule has 6 nitrogen and oxygen atoms in total. The fraction of sp³-hybridized carbons (Fsp3) is 0.200. The monoisotopic (exact) mass is 289 g/mol. The number of nitrogens with one attached hydrogen (secondary N) is 2. The zero-order chi connectivity index (χ0) is 14.8. The van der Waals surface area contributed by atoms with E-state index in [0.717, 1.165) is 0 Å². The maximum absolute atomic E-state index is 12.8. The topological polar surface area (TPSA) is 83.6 Å². The number of aromatic nitrogens is 4. The smallest absolute Gasteiger partial charge is 0.321 e. The highest BCUT2D eigenvalue weighted by Gasteiger charge is 2.48. The van der Waals surface area contributed by atoms with Crippen molar-refractivity contribution in [1.29, 1.82) is 0 Å². The van der Waals surface area contributed by atoms with Crippen molar-refractivity contribution in [3.05, 3.63) is 24.3 Å². The molecule has 2 N–H and O–H groups in total. The molecule has 0 spiro atoms. The van der Waals surface area contributed by atoms with Crippen LogP contribution in [0.25, 0.3) is 11.4 Å². The van der Waals surface area contributed by atoms with E-state index in [2.05, 4.69) is 20.6 Å². The van der Waals surface area contributed by atoms with Crippen molar-refractivity contribution in [3.8, 4) is 11.4 Å². The van der Waals surface area contributed by atoms with Gasteiger partial charge in [-0.15, -0.1) is 10.2 Å². The zero-order valence-electron chi connectivity index (χ0n) is 9.65. The Morgan fingerprint density at radius 2 is 2.10 bits per heavy atom. The van der Waals surface area contributed by atoms with Crippen molar-refractivity contribution < 1.29 is 22.4 Å². The summed E-state index contributed by atoms with van der Waals surface area (Å²) in [5.41, 5.74) is 0.287. The van der Waals surface area contributed by atoms with Crippen LogP contribution >= 0.6 is 0 Å². The third-order valence-corrected chi connectivity index (χ3v) is 2.30. The number of halogens is 4. The lowest BCUT2D eigenvalue weighted by Gasteiger charge is -2.14. The average Bonchev–Trinajstić information content (AvgIpc) is 2.92. The molecule has 10 heteroatoms. The van der Waals surface area contributed by atoms with Crippen molar-refractivity contribution in [2.75, 3.05) is 5.32 Å². The van der Waals surface area contributed by atoms with Crippen LogP contribution in [0.15, 0.2) is 24.3 Å². The van der Waals surface area contributed by atoms with Gasteiger partial charge in [-0.2, -0.15) is 14.0 Å². The van der Waals surface area contributed by atoms with Crippen LogP contribution in [0.2, 0.25) is 0 Å². The minimum absolute atomic E-state index is 0.0855. The van der Waals surface area contributed by atoms with E-state index in [1.165, 1.54) is 24.3 Å². The molecule has 106 valence electrons. The molecule has 1 heterocycles. The van der Waals surface area contributed by atoms with Crippen LogP contribution in [-0.4, -0.2) is 38.9 Å². The SMILES string of the molecule is O=C(Nc1cccc(-c2nn[nH]n2)c1)C(F)(F)C(F)F. The van der Waals surface area contributed by atoms with Gasteiger partial charge in [-0.1, -0.05) is 12.1 Å². The van der Waals surface area contributed by atoms with E-state index >= 15 is 0 Å². The Morgan fingerprint density at radius 1 is 1.35 bits per heavy atom. The van der Waals surface area contributed by atoms with Crippen LogP contribution < -0.4 is 5.32 Å². The second-order valence-corrected chi connectivity index (χ2v) is 3.69. The quantitative estimate of drug-likeness (QED) is 0.839. The first-order valence-electron chi connectivity index (χ1n) is 5.22. The van der Waals surface area contributed by atoms with Crippen LogP contribution in [0, 0.1) is 0 Å². The molecule has 0 aliphatic carbocycles. The van der Waals surface area contributed by atoms with Gasteiger partial charge < -0.3 is 5.32 Å².